The van der Waals surface area contributed by atoms with Gasteiger partial charge in [-0.15, -0.1) is 0 Å². The molecule has 14 heteroatoms. The van der Waals surface area contributed by atoms with Gasteiger partial charge in [-0.25, -0.2) is 4.79 Å². The second-order valence-corrected chi connectivity index (χ2v) is 15.0. The van der Waals surface area contributed by atoms with Crippen LogP contribution in [0.15, 0.2) is 36.4 Å². The lowest BCUT2D eigenvalue weighted by atomic mass is 10.1. The van der Waals surface area contributed by atoms with Crippen LogP contribution >= 0.6 is 136 Å². The lowest BCUT2D eigenvalue weighted by molar-refractivity contribution is -0.138. The van der Waals surface area contributed by atoms with Crippen molar-refractivity contribution in [2.45, 2.75) is 24.9 Å². The highest BCUT2D eigenvalue weighted by molar-refractivity contribution is 14.1. The quantitative estimate of drug-likeness (QED) is 0.112. The van der Waals surface area contributed by atoms with Gasteiger partial charge in [0.25, 0.3) is 0 Å². The van der Waals surface area contributed by atoms with Crippen molar-refractivity contribution >= 4 is 147 Å². The third kappa shape index (κ3) is 8.75. The normalized spacial score (nSPS) is 12.6. The van der Waals surface area contributed by atoms with Crippen LogP contribution in [0, 0.1) is 21.4 Å². The number of hydrogen-bond donors (Lipinski definition) is 4. The second-order valence-electron chi connectivity index (χ2n) is 8.00. The van der Waals surface area contributed by atoms with Crippen molar-refractivity contribution in [3.05, 3.63) is 68.9 Å². The molecule has 0 amide bonds. The molecule has 0 bridgehead atoms. The average Bonchev–Trinajstić information content (AvgIpc) is 2.81. The number of carboxylic acids is 1. The number of phenols is 1. The van der Waals surface area contributed by atoms with Crippen LogP contribution in [0.5, 0.6) is 23.0 Å². The van der Waals surface area contributed by atoms with Crippen molar-refractivity contribution in [3.63, 3.8) is 0 Å². The Hall–Kier alpha value is 0.500. The Morgan fingerprint density at radius 2 is 1.13 bits per heavy atom. The molecular formula is C24H18I6N2O6. The van der Waals surface area contributed by atoms with Gasteiger partial charge < -0.3 is 31.2 Å². The number of nitrogens with two attached hydrogens (primary N) is 2. The molecule has 3 aromatic rings. The number of ether oxygens (including phenoxy) is 2. The van der Waals surface area contributed by atoms with Gasteiger partial charge in [0.15, 0.2) is 11.5 Å². The number of aromatic hydroxyl groups is 1. The van der Waals surface area contributed by atoms with E-state index in [1.165, 1.54) is 0 Å². The molecule has 0 unspecified atom stereocenters. The molecule has 2 atom stereocenters. The molecule has 0 saturated heterocycles. The van der Waals surface area contributed by atoms with Crippen molar-refractivity contribution in [3.8, 4) is 23.0 Å². The first kappa shape index (κ1) is 33.0. The van der Waals surface area contributed by atoms with E-state index in [9.17, 15) is 14.7 Å². The first-order valence-electron chi connectivity index (χ1n) is 10.5. The summed E-state index contributed by atoms with van der Waals surface area (Å²) in [6.07, 6.45) is 0.427. The minimum absolute atomic E-state index is 0.164. The maximum atomic E-state index is 12.8. The largest absolute Gasteiger partial charge is 0.506 e. The summed E-state index contributed by atoms with van der Waals surface area (Å²) in [6.45, 7) is 0. The molecule has 0 aliphatic carbocycles. The fourth-order valence-corrected chi connectivity index (χ4v) is 9.17. The molecular weight excluding hydrogens is 1170 g/mol. The number of halogens is 6. The van der Waals surface area contributed by atoms with Gasteiger partial charge in [-0.05, 0) is 196 Å². The Labute approximate surface area is 300 Å². The molecule has 0 saturated carbocycles. The summed E-state index contributed by atoms with van der Waals surface area (Å²) >= 11 is 12.6. The van der Waals surface area contributed by atoms with Crippen LogP contribution < -0.4 is 20.9 Å². The number of aliphatic carboxylic acids is 1. The number of carbonyl (C=O) groups excluding carboxylic acids is 1. The second kappa shape index (κ2) is 14.6. The van der Waals surface area contributed by atoms with Crippen LogP contribution in [-0.4, -0.2) is 34.2 Å². The molecule has 0 aliphatic heterocycles. The number of rotatable bonds is 9. The van der Waals surface area contributed by atoms with Crippen LogP contribution in [0.3, 0.4) is 0 Å². The van der Waals surface area contributed by atoms with E-state index in [2.05, 4.69) is 90.4 Å². The number of esters is 1. The maximum absolute atomic E-state index is 12.8. The highest BCUT2D eigenvalue weighted by Gasteiger charge is 2.22. The minimum atomic E-state index is -1.08. The van der Waals surface area contributed by atoms with E-state index in [1.54, 1.807) is 24.3 Å². The summed E-state index contributed by atoms with van der Waals surface area (Å²) in [6, 6.07) is 8.93. The van der Waals surface area contributed by atoms with E-state index in [0.717, 1.165) is 18.3 Å². The Kier molecular flexibility index (Phi) is 12.7. The van der Waals surface area contributed by atoms with E-state index < -0.39 is 24.0 Å². The third-order valence-electron chi connectivity index (χ3n) is 5.06. The van der Waals surface area contributed by atoms with Crippen molar-refractivity contribution in [2.75, 3.05) is 0 Å². The minimum Gasteiger partial charge on any atom is -0.506 e. The van der Waals surface area contributed by atoms with Gasteiger partial charge in [0.1, 0.15) is 23.6 Å². The van der Waals surface area contributed by atoms with E-state index >= 15 is 0 Å². The van der Waals surface area contributed by atoms with E-state index in [0.29, 0.717) is 31.5 Å². The molecule has 0 aliphatic rings. The Morgan fingerprint density at radius 1 is 0.711 bits per heavy atom. The van der Waals surface area contributed by atoms with Crippen molar-refractivity contribution in [1.82, 2.24) is 0 Å². The number of benzene rings is 3. The number of carboxylic acid groups (broad SMARTS) is 1. The zero-order valence-corrected chi connectivity index (χ0v) is 31.9. The van der Waals surface area contributed by atoms with Crippen molar-refractivity contribution in [1.29, 1.82) is 0 Å². The summed E-state index contributed by atoms with van der Waals surface area (Å²) in [5.74, 6) is 0.239. The standard InChI is InChI=1S/C24H18I6N2O6/c25-12-7-11(8-13(26)20(12)33)37-21-14(27)3-10(4-15(21)28)6-19(32)24(36)38-22-16(29)1-9(2-17(22)30)5-18(31)23(34)35/h1-4,7-8,18-19,33H,5-6,31-32H2,(H,34,35)/t18-,19-/m0/s1. The summed E-state index contributed by atoms with van der Waals surface area (Å²) < 4.78 is 16.2. The Balaban J connectivity index is 1.71. The molecule has 3 rings (SSSR count). The Bertz CT molecular complexity index is 1330. The van der Waals surface area contributed by atoms with Gasteiger partial charge in [0, 0.05) is 0 Å². The highest BCUT2D eigenvalue weighted by Crippen LogP contribution is 2.37. The lowest BCUT2D eigenvalue weighted by Crippen LogP contribution is -2.36. The molecule has 38 heavy (non-hydrogen) atoms. The van der Waals surface area contributed by atoms with Gasteiger partial charge >= 0.3 is 11.9 Å². The number of hydrogen-bond acceptors (Lipinski definition) is 7. The molecule has 8 nitrogen and oxygen atoms in total. The lowest BCUT2D eigenvalue weighted by Gasteiger charge is -2.17. The van der Waals surface area contributed by atoms with Crippen LogP contribution in [0.25, 0.3) is 0 Å². The zero-order chi connectivity index (χ0) is 28.3. The molecule has 0 fully saturated rings. The fraction of sp³-hybridized carbons (Fsp3) is 0.167. The smallest absolute Gasteiger partial charge is 0.328 e. The van der Waals surface area contributed by atoms with Crippen LogP contribution in [0.2, 0.25) is 0 Å². The van der Waals surface area contributed by atoms with Gasteiger partial charge in [-0.1, -0.05) is 0 Å². The SMILES string of the molecule is N[C@@H](Cc1cc(I)c(OC(=O)[C@@H](N)Cc2cc(I)c(Oc3cc(I)c(O)c(I)c3)c(I)c2)c(I)c1)C(=O)O. The van der Waals surface area contributed by atoms with Crippen LogP contribution in [0.1, 0.15) is 11.1 Å². The van der Waals surface area contributed by atoms with Gasteiger partial charge in [-0.3, -0.25) is 4.79 Å². The summed E-state index contributed by atoms with van der Waals surface area (Å²) in [7, 11) is 0. The van der Waals surface area contributed by atoms with E-state index in [-0.39, 0.29) is 18.6 Å². The van der Waals surface area contributed by atoms with Gasteiger partial charge in [0.2, 0.25) is 0 Å². The molecule has 0 heterocycles. The molecule has 6 N–H and O–H groups in total. The summed E-state index contributed by atoms with van der Waals surface area (Å²) in [5.41, 5.74) is 13.4. The van der Waals surface area contributed by atoms with Crippen molar-refractivity contribution < 1.29 is 29.3 Å². The zero-order valence-electron chi connectivity index (χ0n) is 19.0. The van der Waals surface area contributed by atoms with Gasteiger partial charge in [0.05, 0.1) is 21.4 Å². The molecule has 0 aromatic heterocycles. The molecule has 3 aromatic carbocycles. The first-order chi connectivity index (χ1) is 17.8. The number of carbonyl (C=O) groups is 2. The molecule has 0 radical (unpaired) electrons. The predicted octanol–water partition coefficient (Wildman–Crippen LogP) is 6.24. The monoisotopic (exact) mass is 1190 g/mol. The summed E-state index contributed by atoms with van der Waals surface area (Å²) in [4.78, 5) is 23.9. The maximum Gasteiger partial charge on any atom is 0.328 e. The predicted molar refractivity (Wildman–Crippen MR) is 194 cm³/mol. The van der Waals surface area contributed by atoms with E-state index in [4.69, 9.17) is 26.0 Å². The summed E-state index contributed by atoms with van der Waals surface area (Å²) in [5, 5.41) is 19.1. The Morgan fingerprint density at radius 3 is 1.58 bits per heavy atom. The highest BCUT2D eigenvalue weighted by atomic mass is 127. The average molecular weight is 1190 g/mol. The first-order valence-corrected chi connectivity index (χ1v) is 17.0. The topological polar surface area (TPSA) is 145 Å². The van der Waals surface area contributed by atoms with Crippen molar-refractivity contribution in [2.24, 2.45) is 11.5 Å². The number of phenolic OH excluding ortho intramolecular Hbond substituents is 1. The van der Waals surface area contributed by atoms with E-state index in [1.807, 2.05) is 57.3 Å². The molecule has 0 spiro atoms. The van der Waals surface area contributed by atoms with Gasteiger partial charge in [-0.2, -0.15) is 0 Å². The fourth-order valence-electron chi connectivity index (χ4n) is 3.23. The molecule has 202 valence electrons. The van der Waals surface area contributed by atoms with Crippen LogP contribution in [0.4, 0.5) is 0 Å². The third-order valence-corrected chi connectivity index (χ3v) is 9.91. The van der Waals surface area contributed by atoms with Crippen LogP contribution in [-0.2, 0) is 22.4 Å².